The van der Waals surface area contributed by atoms with Gasteiger partial charge >= 0.3 is 0 Å². The van der Waals surface area contributed by atoms with Gasteiger partial charge in [0.15, 0.2) is 0 Å². The first kappa shape index (κ1) is 17.9. The summed E-state index contributed by atoms with van der Waals surface area (Å²) in [6.07, 6.45) is 2.12. The first-order valence-corrected chi connectivity index (χ1v) is 8.07. The SMILES string of the molecule is CC(C)CCN(CCC(C)C)c1cccc(F)c1C(N)=S. The third-order valence-corrected chi connectivity index (χ3v) is 3.74. The largest absolute Gasteiger partial charge is 0.389 e. The molecule has 0 radical (unpaired) electrons. The number of anilines is 1. The van der Waals surface area contributed by atoms with Crippen molar-refractivity contribution in [3.8, 4) is 0 Å². The molecule has 0 aliphatic heterocycles. The van der Waals surface area contributed by atoms with Crippen LogP contribution in [0.15, 0.2) is 18.2 Å². The average Bonchev–Trinajstić information content (AvgIpc) is 2.37. The van der Waals surface area contributed by atoms with Crippen LogP contribution in [0.1, 0.15) is 46.1 Å². The highest BCUT2D eigenvalue weighted by atomic mass is 32.1. The van der Waals surface area contributed by atoms with Gasteiger partial charge in [0.05, 0.1) is 5.56 Å². The lowest BCUT2D eigenvalue weighted by atomic mass is 10.1. The maximum absolute atomic E-state index is 14.1. The topological polar surface area (TPSA) is 29.3 Å². The standard InChI is InChI=1S/C17H27FN2S/c1-12(2)8-10-20(11-9-13(3)4)15-7-5-6-14(18)16(15)17(19)21/h5-7,12-13H,8-11H2,1-4H3,(H2,19,21). The lowest BCUT2D eigenvalue weighted by Crippen LogP contribution is -2.30. The Balaban J connectivity index is 3.06. The van der Waals surface area contributed by atoms with Crippen LogP contribution in [0.5, 0.6) is 0 Å². The van der Waals surface area contributed by atoms with Crippen molar-refractivity contribution in [3.05, 3.63) is 29.6 Å². The molecule has 21 heavy (non-hydrogen) atoms. The van der Waals surface area contributed by atoms with Gasteiger partial charge in [0.2, 0.25) is 0 Å². The summed E-state index contributed by atoms with van der Waals surface area (Å²) in [4.78, 5) is 2.35. The highest BCUT2D eigenvalue weighted by Crippen LogP contribution is 2.25. The first-order chi connectivity index (χ1) is 9.82. The molecule has 118 valence electrons. The maximum atomic E-state index is 14.1. The lowest BCUT2D eigenvalue weighted by Gasteiger charge is -2.28. The van der Waals surface area contributed by atoms with E-state index in [2.05, 4.69) is 32.6 Å². The molecule has 2 nitrogen and oxygen atoms in total. The average molecular weight is 310 g/mol. The third-order valence-electron chi connectivity index (χ3n) is 3.53. The van der Waals surface area contributed by atoms with Gasteiger partial charge < -0.3 is 10.6 Å². The van der Waals surface area contributed by atoms with Crippen molar-refractivity contribution in [1.29, 1.82) is 0 Å². The van der Waals surface area contributed by atoms with Crippen LogP contribution in [0.2, 0.25) is 0 Å². The van der Waals surface area contributed by atoms with Gasteiger partial charge in [-0.1, -0.05) is 46.0 Å². The molecule has 0 unspecified atom stereocenters. The molecule has 0 saturated carbocycles. The second-order valence-electron chi connectivity index (χ2n) is 6.35. The Morgan fingerprint density at radius 1 is 1.14 bits per heavy atom. The molecular formula is C17H27FN2S. The molecule has 0 atom stereocenters. The summed E-state index contributed by atoms with van der Waals surface area (Å²) < 4.78 is 14.1. The Hall–Kier alpha value is -1.16. The number of rotatable bonds is 8. The fourth-order valence-corrected chi connectivity index (χ4v) is 2.40. The highest BCUT2D eigenvalue weighted by molar-refractivity contribution is 7.80. The molecule has 0 aliphatic rings. The Labute approximate surface area is 133 Å². The van der Waals surface area contributed by atoms with Gasteiger partial charge in [-0.2, -0.15) is 0 Å². The minimum absolute atomic E-state index is 0.127. The van der Waals surface area contributed by atoms with E-state index < -0.39 is 0 Å². The number of hydrogen-bond acceptors (Lipinski definition) is 2. The molecule has 0 saturated heterocycles. The van der Waals surface area contributed by atoms with E-state index in [1.54, 1.807) is 6.07 Å². The van der Waals surface area contributed by atoms with Crippen LogP contribution in [-0.2, 0) is 0 Å². The number of nitrogens with zero attached hydrogens (tertiary/aromatic N) is 1. The fraction of sp³-hybridized carbons (Fsp3) is 0.588. The quantitative estimate of drug-likeness (QED) is 0.723. The van der Waals surface area contributed by atoms with E-state index in [-0.39, 0.29) is 10.8 Å². The zero-order chi connectivity index (χ0) is 16.0. The van der Waals surface area contributed by atoms with E-state index in [1.165, 1.54) is 6.07 Å². The van der Waals surface area contributed by atoms with Crippen LogP contribution in [0.4, 0.5) is 10.1 Å². The summed E-state index contributed by atoms with van der Waals surface area (Å²) in [5, 5.41) is 0. The second-order valence-corrected chi connectivity index (χ2v) is 6.79. The van der Waals surface area contributed by atoms with Crippen molar-refractivity contribution in [2.45, 2.75) is 40.5 Å². The summed E-state index contributed by atoms with van der Waals surface area (Å²) in [6, 6.07) is 5.06. The minimum Gasteiger partial charge on any atom is -0.389 e. The van der Waals surface area contributed by atoms with Crippen LogP contribution >= 0.6 is 12.2 Å². The molecule has 0 aliphatic carbocycles. The Kier molecular flexibility index (Phi) is 7.09. The third kappa shape index (κ3) is 5.62. The van der Waals surface area contributed by atoms with Crippen LogP contribution < -0.4 is 10.6 Å². The van der Waals surface area contributed by atoms with Gasteiger partial charge in [0, 0.05) is 18.8 Å². The Bertz CT molecular complexity index is 460. The summed E-state index contributed by atoms with van der Waals surface area (Å²) >= 11 is 5.04. The summed E-state index contributed by atoms with van der Waals surface area (Å²) in [7, 11) is 0. The smallest absolute Gasteiger partial charge is 0.135 e. The van der Waals surface area contributed by atoms with E-state index in [0.29, 0.717) is 17.4 Å². The van der Waals surface area contributed by atoms with Crippen LogP contribution in [-0.4, -0.2) is 18.1 Å². The molecule has 0 fully saturated rings. The summed E-state index contributed by atoms with van der Waals surface area (Å²) in [6.45, 7) is 10.6. The van der Waals surface area contributed by atoms with E-state index in [9.17, 15) is 4.39 Å². The second kappa shape index (κ2) is 8.32. The number of nitrogens with two attached hydrogens (primary N) is 1. The molecule has 2 N–H and O–H groups in total. The van der Waals surface area contributed by atoms with Crippen molar-refractivity contribution in [2.75, 3.05) is 18.0 Å². The first-order valence-electron chi connectivity index (χ1n) is 7.66. The highest BCUT2D eigenvalue weighted by Gasteiger charge is 2.17. The molecule has 0 aromatic heterocycles. The normalized spacial score (nSPS) is 11.2. The maximum Gasteiger partial charge on any atom is 0.135 e. The molecule has 0 amide bonds. The predicted molar refractivity (Wildman–Crippen MR) is 93.4 cm³/mol. The molecule has 4 heteroatoms. The van der Waals surface area contributed by atoms with Gasteiger partial charge in [-0.15, -0.1) is 0 Å². The van der Waals surface area contributed by atoms with Crippen molar-refractivity contribution >= 4 is 22.9 Å². The monoisotopic (exact) mass is 310 g/mol. The molecule has 0 heterocycles. The van der Waals surface area contributed by atoms with Crippen LogP contribution in [0, 0.1) is 17.7 Å². The van der Waals surface area contributed by atoms with Gasteiger partial charge in [-0.3, -0.25) is 0 Å². The summed E-state index contributed by atoms with van der Waals surface area (Å²) in [5.41, 5.74) is 6.93. The molecular weight excluding hydrogens is 283 g/mol. The molecule has 0 bridgehead atoms. The Morgan fingerprint density at radius 2 is 1.67 bits per heavy atom. The zero-order valence-electron chi connectivity index (χ0n) is 13.5. The Morgan fingerprint density at radius 3 is 2.10 bits per heavy atom. The van der Waals surface area contributed by atoms with E-state index in [4.69, 9.17) is 18.0 Å². The van der Waals surface area contributed by atoms with Crippen molar-refractivity contribution < 1.29 is 4.39 Å². The van der Waals surface area contributed by atoms with E-state index in [1.807, 2.05) is 6.07 Å². The molecule has 1 aromatic rings. The molecule has 1 aromatic carbocycles. The zero-order valence-corrected chi connectivity index (χ0v) is 14.3. The van der Waals surface area contributed by atoms with Crippen molar-refractivity contribution in [3.63, 3.8) is 0 Å². The number of hydrogen-bond donors (Lipinski definition) is 1. The van der Waals surface area contributed by atoms with Crippen molar-refractivity contribution in [2.24, 2.45) is 17.6 Å². The number of thiocarbonyl (C=S) groups is 1. The van der Waals surface area contributed by atoms with E-state index >= 15 is 0 Å². The van der Waals surface area contributed by atoms with Crippen LogP contribution in [0.3, 0.4) is 0 Å². The fourth-order valence-electron chi connectivity index (χ4n) is 2.20. The molecule has 1 rings (SSSR count). The van der Waals surface area contributed by atoms with Crippen molar-refractivity contribution in [1.82, 2.24) is 0 Å². The van der Waals surface area contributed by atoms with Gasteiger partial charge in [0.25, 0.3) is 0 Å². The predicted octanol–water partition coefficient (Wildman–Crippen LogP) is 4.36. The van der Waals surface area contributed by atoms with Gasteiger partial charge in [-0.05, 0) is 36.8 Å². The van der Waals surface area contributed by atoms with Crippen LogP contribution in [0.25, 0.3) is 0 Å². The molecule has 0 spiro atoms. The van der Waals surface area contributed by atoms with E-state index in [0.717, 1.165) is 31.6 Å². The number of halogens is 1. The van der Waals surface area contributed by atoms with Gasteiger partial charge in [-0.25, -0.2) is 4.39 Å². The minimum atomic E-state index is -0.334. The summed E-state index contributed by atoms with van der Waals surface area (Å²) in [5.74, 6) is 0.876. The number of benzene rings is 1. The lowest BCUT2D eigenvalue weighted by molar-refractivity contribution is 0.534. The van der Waals surface area contributed by atoms with Gasteiger partial charge in [0.1, 0.15) is 10.8 Å².